The third kappa shape index (κ3) is 3.47. The first-order valence-electron chi connectivity index (χ1n) is 10.6. The number of hydrogen-bond donors (Lipinski definition) is 1. The number of amides is 2. The van der Waals surface area contributed by atoms with Crippen LogP contribution < -0.4 is 10.2 Å². The lowest BCUT2D eigenvalue weighted by molar-refractivity contribution is -0.119. The van der Waals surface area contributed by atoms with E-state index in [0.717, 1.165) is 31.5 Å². The molecule has 5 rings (SSSR count). The monoisotopic (exact) mass is 431 g/mol. The van der Waals surface area contributed by atoms with Crippen LogP contribution in [0.5, 0.6) is 0 Å². The first-order valence-corrected chi connectivity index (χ1v) is 10.6. The van der Waals surface area contributed by atoms with Gasteiger partial charge in [-0.2, -0.15) is 5.10 Å². The van der Waals surface area contributed by atoms with Gasteiger partial charge in [-0.05, 0) is 43.5 Å². The highest BCUT2D eigenvalue weighted by molar-refractivity contribution is 6.20. The minimum absolute atomic E-state index is 0.252. The molecule has 32 heavy (non-hydrogen) atoms. The fourth-order valence-electron chi connectivity index (χ4n) is 4.21. The summed E-state index contributed by atoms with van der Waals surface area (Å²) in [4.78, 5) is 32.2. The molecule has 8 heteroatoms. The summed E-state index contributed by atoms with van der Waals surface area (Å²) in [5.41, 5.74) is 3.04. The van der Waals surface area contributed by atoms with Crippen molar-refractivity contribution in [2.45, 2.75) is 32.0 Å². The van der Waals surface area contributed by atoms with Gasteiger partial charge in [0.1, 0.15) is 5.82 Å². The first kappa shape index (κ1) is 20.1. The molecule has 162 valence electrons. The Kier molecular flexibility index (Phi) is 5.05. The Balaban J connectivity index is 1.55. The van der Waals surface area contributed by atoms with E-state index in [1.165, 1.54) is 11.0 Å². The van der Waals surface area contributed by atoms with Crippen LogP contribution in [0, 0.1) is 5.82 Å². The van der Waals surface area contributed by atoms with E-state index < -0.39 is 23.8 Å². The lowest BCUT2D eigenvalue weighted by Crippen LogP contribution is -2.46. The van der Waals surface area contributed by atoms with E-state index >= 15 is 0 Å². The SMILES string of the molecule is CN1C(=O)C(NC(=O)c2cc3n(n2)CCCC3)N=C(c2ccccc2F)c2ccccc21. The van der Waals surface area contributed by atoms with E-state index in [2.05, 4.69) is 15.4 Å². The molecule has 0 saturated heterocycles. The average Bonchev–Trinajstić information content (AvgIpc) is 3.22. The molecule has 2 aromatic carbocycles. The van der Waals surface area contributed by atoms with E-state index in [4.69, 9.17) is 0 Å². The Morgan fingerprint density at radius 3 is 2.62 bits per heavy atom. The largest absolute Gasteiger partial charge is 0.321 e. The zero-order chi connectivity index (χ0) is 22.2. The van der Waals surface area contributed by atoms with E-state index in [-0.39, 0.29) is 11.3 Å². The molecule has 1 atom stereocenters. The Morgan fingerprint density at radius 2 is 1.84 bits per heavy atom. The van der Waals surface area contributed by atoms with E-state index in [0.29, 0.717) is 17.0 Å². The van der Waals surface area contributed by atoms with Crippen LogP contribution in [0.3, 0.4) is 0 Å². The normalized spacial score (nSPS) is 17.8. The summed E-state index contributed by atoms with van der Waals surface area (Å²) in [7, 11) is 1.62. The Hall–Kier alpha value is -3.81. The van der Waals surface area contributed by atoms with E-state index in [1.54, 1.807) is 49.5 Å². The Bertz CT molecular complexity index is 1230. The van der Waals surface area contributed by atoms with Crippen LogP contribution in [0.2, 0.25) is 0 Å². The van der Waals surface area contributed by atoms with Crippen molar-refractivity contribution < 1.29 is 14.0 Å². The Labute approximate surface area is 184 Å². The summed E-state index contributed by atoms with van der Waals surface area (Å²) in [6, 6.07) is 15.2. The lowest BCUT2D eigenvalue weighted by atomic mass is 10.00. The number of nitrogens with zero attached hydrogens (tertiary/aromatic N) is 4. The molecule has 1 unspecified atom stereocenters. The number of aryl methyl sites for hydroxylation is 2. The topological polar surface area (TPSA) is 79.6 Å². The van der Waals surface area contributed by atoms with Crippen LogP contribution in [0.25, 0.3) is 0 Å². The third-order valence-corrected chi connectivity index (χ3v) is 5.89. The van der Waals surface area contributed by atoms with Crippen molar-refractivity contribution in [1.29, 1.82) is 0 Å². The van der Waals surface area contributed by atoms with Crippen molar-refractivity contribution in [3.8, 4) is 0 Å². The molecule has 3 aromatic rings. The van der Waals surface area contributed by atoms with Crippen LogP contribution >= 0.6 is 0 Å². The van der Waals surface area contributed by atoms with Gasteiger partial charge >= 0.3 is 0 Å². The van der Waals surface area contributed by atoms with Gasteiger partial charge in [0.2, 0.25) is 6.17 Å². The smallest absolute Gasteiger partial charge is 0.273 e. The number of aromatic nitrogens is 2. The summed E-state index contributed by atoms with van der Waals surface area (Å²) in [5.74, 6) is -1.35. The molecule has 7 nitrogen and oxygen atoms in total. The molecule has 1 N–H and O–H groups in total. The number of rotatable bonds is 3. The second kappa shape index (κ2) is 8.03. The molecule has 1 aromatic heterocycles. The number of anilines is 1. The summed E-state index contributed by atoms with van der Waals surface area (Å²) in [5, 5.41) is 7.09. The number of likely N-dealkylation sites (N-methyl/N-ethyl adjacent to an activating group) is 1. The number of benzene rings is 2. The summed E-state index contributed by atoms with van der Waals surface area (Å²) in [6.07, 6.45) is 1.74. The molecule has 0 bridgehead atoms. The van der Waals surface area contributed by atoms with Gasteiger partial charge in [0, 0.05) is 30.4 Å². The molecule has 0 fully saturated rings. The van der Waals surface area contributed by atoms with E-state index in [1.807, 2.05) is 10.7 Å². The quantitative estimate of drug-likeness (QED) is 0.693. The van der Waals surface area contributed by atoms with Gasteiger partial charge in [-0.15, -0.1) is 0 Å². The minimum atomic E-state index is -1.21. The standard InChI is InChI=1S/C24H22FN5O2/c1-29-20-12-5-3-10-17(20)21(16-9-2-4-11-18(16)25)26-22(24(29)32)27-23(31)19-14-15-8-6-7-13-30(15)28-19/h2-5,9-12,14,22H,6-8,13H2,1H3,(H,27,31). The van der Waals surface area contributed by atoms with Gasteiger partial charge in [-0.3, -0.25) is 14.3 Å². The fourth-order valence-corrected chi connectivity index (χ4v) is 4.21. The predicted molar refractivity (Wildman–Crippen MR) is 118 cm³/mol. The van der Waals surface area contributed by atoms with Gasteiger partial charge < -0.3 is 10.2 Å². The van der Waals surface area contributed by atoms with Gasteiger partial charge in [0.25, 0.3) is 11.8 Å². The number of carbonyl (C=O) groups excluding carboxylic acids is 2. The van der Waals surface area contributed by atoms with Gasteiger partial charge in [-0.25, -0.2) is 9.38 Å². The molecular formula is C24H22FN5O2. The highest BCUT2D eigenvalue weighted by Gasteiger charge is 2.32. The Morgan fingerprint density at radius 1 is 1.09 bits per heavy atom. The second-order valence-electron chi connectivity index (χ2n) is 7.95. The molecule has 2 aliphatic heterocycles. The minimum Gasteiger partial charge on any atom is -0.321 e. The van der Waals surface area contributed by atoms with Crippen LogP contribution in [-0.4, -0.2) is 40.5 Å². The number of hydrogen-bond acceptors (Lipinski definition) is 4. The van der Waals surface area contributed by atoms with Crippen molar-refractivity contribution in [3.05, 3.63) is 82.9 Å². The maximum atomic E-state index is 14.7. The maximum absolute atomic E-state index is 14.7. The third-order valence-electron chi connectivity index (χ3n) is 5.89. The van der Waals surface area contributed by atoms with Crippen LogP contribution in [0.15, 0.2) is 59.6 Å². The van der Waals surface area contributed by atoms with Crippen molar-refractivity contribution >= 4 is 23.2 Å². The average molecular weight is 431 g/mol. The van der Waals surface area contributed by atoms with Crippen molar-refractivity contribution in [1.82, 2.24) is 15.1 Å². The number of aliphatic imine (C=N–C) groups is 1. The summed E-state index contributed by atoms with van der Waals surface area (Å²) in [6.45, 7) is 0.776. The number of benzodiazepines with no additional fused rings is 1. The zero-order valence-electron chi connectivity index (χ0n) is 17.6. The van der Waals surface area contributed by atoms with Crippen molar-refractivity contribution in [2.75, 3.05) is 11.9 Å². The molecule has 0 spiro atoms. The highest BCUT2D eigenvalue weighted by atomic mass is 19.1. The van der Waals surface area contributed by atoms with Crippen LogP contribution in [0.1, 0.15) is 40.2 Å². The van der Waals surface area contributed by atoms with Gasteiger partial charge in [-0.1, -0.05) is 30.3 Å². The fraction of sp³-hybridized carbons (Fsp3) is 0.250. The van der Waals surface area contributed by atoms with Crippen LogP contribution in [0.4, 0.5) is 10.1 Å². The number of halogens is 1. The van der Waals surface area contributed by atoms with Gasteiger partial charge in [0.15, 0.2) is 5.69 Å². The van der Waals surface area contributed by atoms with Gasteiger partial charge in [0.05, 0.1) is 11.4 Å². The molecule has 2 aliphatic rings. The number of fused-ring (bicyclic) bond motifs is 2. The van der Waals surface area contributed by atoms with E-state index in [9.17, 15) is 14.0 Å². The highest BCUT2D eigenvalue weighted by Crippen LogP contribution is 2.28. The molecule has 3 heterocycles. The molecule has 2 amide bonds. The predicted octanol–water partition coefficient (Wildman–Crippen LogP) is 2.93. The summed E-state index contributed by atoms with van der Waals surface area (Å²) >= 11 is 0. The summed E-state index contributed by atoms with van der Waals surface area (Å²) < 4.78 is 16.5. The number of carbonyl (C=O) groups is 2. The van der Waals surface area contributed by atoms with Crippen molar-refractivity contribution in [3.63, 3.8) is 0 Å². The maximum Gasteiger partial charge on any atom is 0.273 e. The lowest BCUT2D eigenvalue weighted by Gasteiger charge is -2.20. The molecule has 0 aliphatic carbocycles. The zero-order valence-corrected chi connectivity index (χ0v) is 17.6. The number of para-hydroxylation sites is 1. The first-order chi connectivity index (χ1) is 15.5. The molecular weight excluding hydrogens is 409 g/mol. The number of nitrogens with one attached hydrogen (secondary N) is 1. The molecule has 0 saturated carbocycles. The molecule has 0 radical (unpaired) electrons. The van der Waals surface area contributed by atoms with Crippen LogP contribution in [-0.2, 0) is 17.8 Å². The second-order valence-corrected chi connectivity index (χ2v) is 7.95. The van der Waals surface area contributed by atoms with Crippen molar-refractivity contribution in [2.24, 2.45) is 4.99 Å².